The van der Waals surface area contributed by atoms with Gasteiger partial charge < -0.3 is 9.72 Å². The molecule has 0 saturated carbocycles. The molecule has 0 saturated heterocycles. The lowest BCUT2D eigenvalue weighted by Crippen LogP contribution is -2.05. The normalized spacial score (nSPS) is 9.50. The summed E-state index contributed by atoms with van der Waals surface area (Å²) in [5.41, 5.74) is 1.30. The van der Waals surface area contributed by atoms with Gasteiger partial charge in [0.15, 0.2) is 0 Å². The number of nitriles is 1. The molecule has 1 aromatic rings. The number of carbonyl (C=O) groups excluding carboxylic acids is 1. The lowest BCUT2D eigenvalue weighted by atomic mass is 10.1. The highest BCUT2D eigenvalue weighted by atomic mass is 32.1. The van der Waals surface area contributed by atoms with Crippen molar-refractivity contribution in [1.29, 1.82) is 5.26 Å². The van der Waals surface area contributed by atoms with E-state index in [-0.39, 0.29) is 5.97 Å². The number of nitrogens with zero attached hydrogens (tertiary/aromatic N) is 1. The van der Waals surface area contributed by atoms with E-state index in [9.17, 15) is 4.79 Å². The molecule has 0 amide bonds. The predicted molar refractivity (Wildman–Crippen MR) is 61.3 cm³/mol. The van der Waals surface area contributed by atoms with Crippen LogP contribution in [0.2, 0.25) is 0 Å². The lowest BCUT2D eigenvalue weighted by Gasteiger charge is -2.02. The molecule has 16 heavy (non-hydrogen) atoms. The molecule has 0 fully saturated rings. The molecular weight excluding hydrogens is 224 g/mol. The molecule has 0 aliphatic rings. The van der Waals surface area contributed by atoms with Crippen molar-refractivity contribution < 1.29 is 9.53 Å². The molecule has 0 spiro atoms. The Morgan fingerprint density at radius 1 is 1.69 bits per heavy atom. The van der Waals surface area contributed by atoms with Crippen LogP contribution in [0.4, 0.5) is 0 Å². The minimum Gasteiger partial charge on any atom is -0.466 e. The smallest absolute Gasteiger partial charge is 0.306 e. The average molecular weight is 236 g/mol. The highest BCUT2D eigenvalue weighted by Crippen LogP contribution is 2.07. The van der Waals surface area contributed by atoms with Crippen LogP contribution in [0.15, 0.2) is 12.3 Å². The van der Waals surface area contributed by atoms with Crippen LogP contribution in [0.1, 0.15) is 24.5 Å². The van der Waals surface area contributed by atoms with Gasteiger partial charge in [-0.25, -0.2) is 0 Å². The molecule has 4 nitrogen and oxygen atoms in total. The van der Waals surface area contributed by atoms with Crippen molar-refractivity contribution in [3.63, 3.8) is 0 Å². The van der Waals surface area contributed by atoms with Gasteiger partial charge in [-0.1, -0.05) is 12.2 Å². The van der Waals surface area contributed by atoms with Crippen LogP contribution in [-0.4, -0.2) is 17.6 Å². The summed E-state index contributed by atoms with van der Waals surface area (Å²) in [7, 11) is 0. The van der Waals surface area contributed by atoms with E-state index in [0.29, 0.717) is 29.7 Å². The number of H-pyrrole nitrogens is 1. The van der Waals surface area contributed by atoms with Crippen LogP contribution in [-0.2, 0) is 16.0 Å². The number of rotatable bonds is 4. The molecular formula is C11H12N2O2S. The van der Waals surface area contributed by atoms with E-state index >= 15 is 0 Å². The van der Waals surface area contributed by atoms with Crippen LogP contribution in [0.3, 0.4) is 0 Å². The number of aryl methyl sites for hydroxylation is 1. The van der Waals surface area contributed by atoms with Gasteiger partial charge in [-0.2, -0.15) is 5.26 Å². The number of aromatic amines is 1. The van der Waals surface area contributed by atoms with Crippen LogP contribution in [0.25, 0.3) is 0 Å². The van der Waals surface area contributed by atoms with Crippen LogP contribution in [0.5, 0.6) is 0 Å². The Kier molecular flexibility index (Phi) is 4.67. The number of nitrogens with one attached hydrogen (secondary N) is 1. The van der Waals surface area contributed by atoms with E-state index < -0.39 is 0 Å². The quantitative estimate of drug-likeness (QED) is 0.642. The number of ether oxygens (including phenoxy) is 1. The maximum atomic E-state index is 11.1. The number of carbonyl (C=O) groups is 1. The summed E-state index contributed by atoms with van der Waals surface area (Å²) in [5, 5.41) is 8.78. The molecule has 0 atom stereocenters. The summed E-state index contributed by atoms with van der Waals surface area (Å²) in [5.74, 6) is -0.233. The molecule has 5 heteroatoms. The third kappa shape index (κ3) is 3.48. The van der Waals surface area contributed by atoms with Gasteiger partial charge in [0.1, 0.15) is 10.7 Å². The zero-order valence-corrected chi connectivity index (χ0v) is 9.76. The second kappa shape index (κ2) is 6.03. The summed E-state index contributed by atoms with van der Waals surface area (Å²) in [6.07, 6.45) is 2.56. The first kappa shape index (κ1) is 12.4. The first-order valence-corrected chi connectivity index (χ1v) is 5.35. The van der Waals surface area contributed by atoms with Gasteiger partial charge in [0.05, 0.1) is 12.2 Å². The topological polar surface area (TPSA) is 65.9 Å². The molecule has 1 aromatic heterocycles. The van der Waals surface area contributed by atoms with Crippen molar-refractivity contribution in [2.24, 2.45) is 0 Å². The van der Waals surface area contributed by atoms with E-state index in [2.05, 4.69) is 4.98 Å². The van der Waals surface area contributed by atoms with Crippen molar-refractivity contribution in [1.82, 2.24) is 4.98 Å². The van der Waals surface area contributed by atoms with E-state index in [1.165, 1.54) is 0 Å². The zero-order valence-electron chi connectivity index (χ0n) is 8.95. The van der Waals surface area contributed by atoms with Crippen molar-refractivity contribution in [3.05, 3.63) is 28.0 Å². The van der Waals surface area contributed by atoms with Gasteiger partial charge in [-0.05, 0) is 25.0 Å². The SMILES string of the molecule is CCOC(=O)CCc1c[nH]c(=S)c(C#N)c1. The van der Waals surface area contributed by atoms with Gasteiger partial charge in [-0.3, -0.25) is 4.79 Å². The second-order valence-corrected chi connectivity index (χ2v) is 3.58. The van der Waals surface area contributed by atoms with E-state index in [0.717, 1.165) is 5.56 Å². The largest absolute Gasteiger partial charge is 0.466 e. The molecule has 0 aromatic carbocycles. The van der Waals surface area contributed by atoms with E-state index in [1.807, 2.05) is 6.07 Å². The van der Waals surface area contributed by atoms with Crippen LogP contribution < -0.4 is 0 Å². The number of pyridine rings is 1. The molecule has 0 radical (unpaired) electrons. The summed E-state index contributed by atoms with van der Waals surface area (Å²) >= 11 is 4.92. The maximum Gasteiger partial charge on any atom is 0.306 e. The Bertz CT molecular complexity index is 474. The summed E-state index contributed by atoms with van der Waals surface area (Å²) in [6, 6.07) is 3.69. The first-order chi connectivity index (χ1) is 7.67. The highest BCUT2D eigenvalue weighted by Gasteiger charge is 2.04. The fourth-order valence-electron chi connectivity index (χ4n) is 1.24. The van der Waals surface area contributed by atoms with E-state index in [4.69, 9.17) is 22.2 Å². The minimum atomic E-state index is -0.233. The number of esters is 1. The Morgan fingerprint density at radius 2 is 2.44 bits per heavy atom. The molecule has 0 unspecified atom stereocenters. The third-order valence-corrected chi connectivity index (χ3v) is 2.34. The minimum absolute atomic E-state index is 0.233. The summed E-state index contributed by atoms with van der Waals surface area (Å²) in [4.78, 5) is 13.9. The molecule has 1 N–H and O–H groups in total. The average Bonchev–Trinajstić information content (AvgIpc) is 2.28. The number of aromatic nitrogens is 1. The lowest BCUT2D eigenvalue weighted by molar-refractivity contribution is -0.143. The molecule has 84 valence electrons. The molecule has 1 heterocycles. The number of hydrogen-bond donors (Lipinski definition) is 1. The fourth-order valence-corrected chi connectivity index (χ4v) is 1.40. The Labute approximate surface area is 98.9 Å². The van der Waals surface area contributed by atoms with Crippen LogP contribution >= 0.6 is 12.2 Å². The Balaban J connectivity index is 2.66. The molecule has 1 rings (SSSR count). The molecule has 0 bridgehead atoms. The van der Waals surface area contributed by atoms with Gasteiger partial charge in [0, 0.05) is 12.6 Å². The van der Waals surface area contributed by atoms with E-state index in [1.54, 1.807) is 19.2 Å². The standard InChI is InChI=1S/C11H12N2O2S/c1-2-15-10(14)4-3-8-5-9(6-12)11(16)13-7-8/h5,7H,2-4H2,1H3,(H,13,16). The third-order valence-electron chi connectivity index (χ3n) is 2.01. The Morgan fingerprint density at radius 3 is 3.06 bits per heavy atom. The van der Waals surface area contributed by atoms with Crippen molar-refractivity contribution in [2.75, 3.05) is 6.61 Å². The van der Waals surface area contributed by atoms with Crippen molar-refractivity contribution in [2.45, 2.75) is 19.8 Å². The predicted octanol–water partition coefficient (Wildman–Crippen LogP) is 2.11. The first-order valence-electron chi connectivity index (χ1n) is 4.94. The van der Waals surface area contributed by atoms with Gasteiger partial charge >= 0.3 is 5.97 Å². The second-order valence-electron chi connectivity index (χ2n) is 3.17. The number of hydrogen-bond acceptors (Lipinski definition) is 4. The zero-order chi connectivity index (χ0) is 12.0. The van der Waals surface area contributed by atoms with Gasteiger partial charge in [0.2, 0.25) is 0 Å². The molecule has 0 aliphatic carbocycles. The van der Waals surface area contributed by atoms with Gasteiger partial charge in [0.25, 0.3) is 0 Å². The van der Waals surface area contributed by atoms with Crippen molar-refractivity contribution in [3.8, 4) is 6.07 Å². The van der Waals surface area contributed by atoms with Gasteiger partial charge in [-0.15, -0.1) is 0 Å². The maximum absolute atomic E-state index is 11.1. The summed E-state index contributed by atoms with van der Waals surface area (Å²) in [6.45, 7) is 2.16. The monoisotopic (exact) mass is 236 g/mol. The van der Waals surface area contributed by atoms with Crippen LogP contribution in [0, 0.1) is 16.0 Å². The Hall–Kier alpha value is -1.67. The van der Waals surface area contributed by atoms with Crippen molar-refractivity contribution >= 4 is 18.2 Å². The summed E-state index contributed by atoms with van der Waals surface area (Å²) < 4.78 is 5.23. The molecule has 0 aliphatic heterocycles. The fraction of sp³-hybridized carbons (Fsp3) is 0.364. The highest BCUT2D eigenvalue weighted by molar-refractivity contribution is 7.71.